The van der Waals surface area contributed by atoms with Gasteiger partial charge in [-0.2, -0.15) is 0 Å². The molecule has 0 radical (unpaired) electrons. The SMILES string of the molecule is O=[N+]([O-])C=Cc1cc(Br)ccc1O. The fraction of sp³-hybridized carbons (Fsp3) is 0. The van der Waals surface area contributed by atoms with E-state index in [2.05, 4.69) is 15.9 Å². The number of nitrogens with zero attached hydrogens (tertiary/aromatic N) is 1. The van der Waals surface area contributed by atoms with Gasteiger partial charge >= 0.3 is 0 Å². The number of nitro groups is 1. The number of benzene rings is 1. The lowest BCUT2D eigenvalue weighted by atomic mass is 10.2. The Morgan fingerprint density at radius 1 is 1.54 bits per heavy atom. The normalized spacial score (nSPS) is 10.5. The van der Waals surface area contributed by atoms with Crippen LogP contribution < -0.4 is 0 Å². The molecule has 0 bridgehead atoms. The van der Waals surface area contributed by atoms with Gasteiger partial charge in [0, 0.05) is 16.1 Å². The molecule has 1 N–H and O–H groups in total. The van der Waals surface area contributed by atoms with Crippen LogP contribution in [0.25, 0.3) is 6.08 Å². The summed E-state index contributed by atoms with van der Waals surface area (Å²) in [7, 11) is 0. The summed E-state index contributed by atoms with van der Waals surface area (Å²) in [6.07, 6.45) is 2.02. The average Bonchev–Trinajstić information content (AvgIpc) is 2.06. The third kappa shape index (κ3) is 2.87. The number of hydrogen-bond donors (Lipinski definition) is 1. The Bertz CT molecular complexity index is 362. The van der Waals surface area contributed by atoms with Crippen molar-refractivity contribution in [3.63, 3.8) is 0 Å². The van der Waals surface area contributed by atoms with Crippen molar-refractivity contribution >= 4 is 22.0 Å². The van der Waals surface area contributed by atoms with Crippen LogP contribution in [0.4, 0.5) is 0 Å². The van der Waals surface area contributed by atoms with Crippen LogP contribution in [0.3, 0.4) is 0 Å². The van der Waals surface area contributed by atoms with E-state index in [1.54, 1.807) is 12.1 Å². The number of aromatic hydroxyl groups is 1. The van der Waals surface area contributed by atoms with Crippen LogP contribution in [0, 0.1) is 10.1 Å². The smallest absolute Gasteiger partial charge is 0.235 e. The van der Waals surface area contributed by atoms with Gasteiger partial charge in [0.1, 0.15) is 5.75 Å². The van der Waals surface area contributed by atoms with Gasteiger partial charge in [-0.15, -0.1) is 0 Å². The maximum Gasteiger partial charge on any atom is 0.235 e. The van der Waals surface area contributed by atoms with Gasteiger partial charge in [-0.05, 0) is 18.2 Å². The van der Waals surface area contributed by atoms with Crippen molar-refractivity contribution in [2.24, 2.45) is 0 Å². The summed E-state index contributed by atoms with van der Waals surface area (Å²) in [6.45, 7) is 0. The number of phenolic OH excluding ortho intramolecular Hbond substituents is 1. The van der Waals surface area contributed by atoms with Crippen LogP contribution >= 0.6 is 15.9 Å². The first-order valence-electron chi connectivity index (χ1n) is 3.40. The molecule has 1 aromatic rings. The van der Waals surface area contributed by atoms with Crippen LogP contribution in [-0.2, 0) is 0 Å². The molecule has 0 saturated carbocycles. The molecule has 0 atom stereocenters. The first kappa shape index (κ1) is 9.73. The van der Waals surface area contributed by atoms with E-state index in [9.17, 15) is 15.2 Å². The molecule has 0 unspecified atom stereocenters. The molecule has 1 aromatic carbocycles. The van der Waals surface area contributed by atoms with Gasteiger partial charge in [0.25, 0.3) is 0 Å². The van der Waals surface area contributed by atoms with E-state index in [-0.39, 0.29) is 5.75 Å². The lowest BCUT2D eigenvalue weighted by Crippen LogP contribution is -1.82. The van der Waals surface area contributed by atoms with Gasteiger partial charge in [0.05, 0.1) is 4.92 Å². The zero-order valence-electron chi connectivity index (χ0n) is 6.48. The molecule has 0 spiro atoms. The summed E-state index contributed by atoms with van der Waals surface area (Å²) in [5, 5.41) is 19.2. The molecule has 0 saturated heterocycles. The van der Waals surface area contributed by atoms with E-state index in [0.29, 0.717) is 5.56 Å². The molecular weight excluding hydrogens is 238 g/mol. The Kier molecular flexibility index (Phi) is 3.02. The highest BCUT2D eigenvalue weighted by atomic mass is 79.9. The zero-order valence-corrected chi connectivity index (χ0v) is 8.06. The van der Waals surface area contributed by atoms with Crippen LogP contribution in [0.15, 0.2) is 28.9 Å². The van der Waals surface area contributed by atoms with Crippen LogP contribution in [0.2, 0.25) is 0 Å². The Hall–Kier alpha value is -1.36. The highest BCUT2D eigenvalue weighted by Gasteiger charge is 1.99. The van der Waals surface area contributed by atoms with Crippen molar-refractivity contribution in [2.75, 3.05) is 0 Å². The minimum atomic E-state index is -0.583. The maximum absolute atomic E-state index is 9.99. The largest absolute Gasteiger partial charge is 0.507 e. The van der Waals surface area contributed by atoms with Gasteiger partial charge in [-0.25, -0.2) is 0 Å². The molecular formula is C8H6BrNO3. The van der Waals surface area contributed by atoms with E-state index >= 15 is 0 Å². The molecule has 0 aliphatic carbocycles. The Balaban J connectivity index is 3.00. The molecule has 4 nitrogen and oxygen atoms in total. The van der Waals surface area contributed by atoms with Crippen LogP contribution in [-0.4, -0.2) is 10.0 Å². The minimum Gasteiger partial charge on any atom is -0.507 e. The fourth-order valence-corrected chi connectivity index (χ4v) is 1.18. The molecule has 5 heteroatoms. The highest BCUT2D eigenvalue weighted by Crippen LogP contribution is 2.22. The van der Waals surface area contributed by atoms with E-state index in [1.807, 2.05) is 0 Å². The third-order valence-electron chi connectivity index (χ3n) is 1.37. The second kappa shape index (κ2) is 4.04. The molecule has 1 rings (SSSR count). The molecule has 0 aromatic heterocycles. The standard InChI is InChI=1S/C8H6BrNO3/c9-7-1-2-8(11)6(5-7)3-4-10(12)13/h1-5,11H. The van der Waals surface area contributed by atoms with Gasteiger partial charge in [0.15, 0.2) is 0 Å². The van der Waals surface area contributed by atoms with Crippen molar-refractivity contribution in [1.82, 2.24) is 0 Å². The number of hydrogen-bond acceptors (Lipinski definition) is 3. The molecule has 0 fully saturated rings. The van der Waals surface area contributed by atoms with Gasteiger partial charge in [-0.3, -0.25) is 10.1 Å². The predicted molar refractivity (Wildman–Crippen MR) is 51.8 cm³/mol. The van der Waals surface area contributed by atoms with Crippen LogP contribution in [0.1, 0.15) is 5.56 Å². The molecule has 0 aliphatic heterocycles. The molecule has 13 heavy (non-hydrogen) atoms. The topological polar surface area (TPSA) is 63.4 Å². The highest BCUT2D eigenvalue weighted by molar-refractivity contribution is 9.10. The van der Waals surface area contributed by atoms with Gasteiger partial charge in [-0.1, -0.05) is 15.9 Å². The summed E-state index contributed by atoms with van der Waals surface area (Å²) in [5.41, 5.74) is 0.408. The molecule has 0 aliphatic rings. The quantitative estimate of drug-likeness (QED) is 0.641. The molecule has 0 heterocycles. The Morgan fingerprint density at radius 3 is 2.85 bits per heavy atom. The Morgan fingerprint density at radius 2 is 2.23 bits per heavy atom. The summed E-state index contributed by atoms with van der Waals surface area (Å²) in [4.78, 5) is 9.41. The second-order valence-electron chi connectivity index (χ2n) is 2.30. The monoisotopic (exact) mass is 243 g/mol. The summed E-state index contributed by atoms with van der Waals surface area (Å²) >= 11 is 3.19. The third-order valence-corrected chi connectivity index (χ3v) is 1.86. The van der Waals surface area contributed by atoms with Gasteiger partial charge < -0.3 is 5.11 Å². The van der Waals surface area contributed by atoms with Crippen molar-refractivity contribution in [3.8, 4) is 5.75 Å². The minimum absolute atomic E-state index is 0.0151. The van der Waals surface area contributed by atoms with Crippen molar-refractivity contribution in [3.05, 3.63) is 44.5 Å². The summed E-state index contributed by atoms with van der Waals surface area (Å²) < 4.78 is 0.758. The van der Waals surface area contributed by atoms with Crippen LogP contribution in [0.5, 0.6) is 5.75 Å². The van der Waals surface area contributed by atoms with Crippen molar-refractivity contribution < 1.29 is 10.0 Å². The lowest BCUT2D eigenvalue weighted by molar-refractivity contribution is -0.400. The number of phenols is 1. The average molecular weight is 244 g/mol. The molecule has 68 valence electrons. The van der Waals surface area contributed by atoms with E-state index in [1.165, 1.54) is 12.1 Å². The van der Waals surface area contributed by atoms with E-state index < -0.39 is 4.92 Å². The summed E-state index contributed by atoms with van der Waals surface area (Å²) in [6, 6.07) is 4.71. The summed E-state index contributed by atoms with van der Waals surface area (Å²) in [5.74, 6) is 0.0151. The van der Waals surface area contributed by atoms with Crippen molar-refractivity contribution in [1.29, 1.82) is 0 Å². The van der Waals surface area contributed by atoms with Crippen molar-refractivity contribution in [2.45, 2.75) is 0 Å². The second-order valence-corrected chi connectivity index (χ2v) is 3.22. The van der Waals surface area contributed by atoms with E-state index in [4.69, 9.17) is 0 Å². The van der Waals surface area contributed by atoms with E-state index in [0.717, 1.165) is 10.7 Å². The first-order chi connectivity index (χ1) is 6.09. The zero-order chi connectivity index (χ0) is 9.84. The fourth-order valence-electron chi connectivity index (χ4n) is 0.800. The molecule has 0 amide bonds. The first-order valence-corrected chi connectivity index (χ1v) is 4.19. The maximum atomic E-state index is 9.99. The predicted octanol–water partition coefficient (Wildman–Crippen LogP) is 2.40. The number of rotatable bonds is 2. The lowest BCUT2D eigenvalue weighted by Gasteiger charge is -1.97. The van der Waals surface area contributed by atoms with Gasteiger partial charge in [0.2, 0.25) is 6.20 Å². The Labute approximate surface area is 82.8 Å². The number of halogens is 1.